The highest BCUT2D eigenvalue weighted by molar-refractivity contribution is 7.89. The molecule has 0 aliphatic rings. The van der Waals surface area contributed by atoms with Gasteiger partial charge >= 0.3 is 0 Å². The quantitative estimate of drug-likeness (QED) is 0.863. The standard InChI is InChI=1S/C11H11N3O2S/c1-8-3-2-4-10(17(12,15)16)11(8)9-5-13-7-14-6-9/h2-7H,1H3,(H2,12,15,16). The van der Waals surface area contributed by atoms with Crippen molar-refractivity contribution in [2.45, 2.75) is 11.8 Å². The van der Waals surface area contributed by atoms with Gasteiger partial charge in [0.15, 0.2) is 0 Å². The van der Waals surface area contributed by atoms with E-state index in [2.05, 4.69) is 9.97 Å². The van der Waals surface area contributed by atoms with Crippen molar-refractivity contribution >= 4 is 10.0 Å². The summed E-state index contributed by atoms with van der Waals surface area (Å²) in [5, 5.41) is 5.20. The molecular weight excluding hydrogens is 238 g/mol. The number of nitrogens with zero attached hydrogens (tertiary/aromatic N) is 2. The number of primary sulfonamides is 1. The van der Waals surface area contributed by atoms with E-state index >= 15 is 0 Å². The lowest BCUT2D eigenvalue weighted by Gasteiger charge is -2.10. The molecule has 2 aromatic rings. The fourth-order valence-electron chi connectivity index (χ4n) is 1.68. The van der Waals surface area contributed by atoms with Crippen LogP contribution in [0.4, 0.5) is 0 Å². The Morgan fingerprint density at radius 3 is 2.41 bits per heavy atom. The molecule has 0 spiro atoms. The summed E-state index contributed by atoms with van der Waals surface area (Å²) in [5.41, 5.74) is 2.00. The van der Waals surface area contributed by atoms with Crippen LogP contribution in [-0.4, -0.2) is 18.4 Å². The molecule has 0 unspecified atom stereocenters. The molecule has 0 fully saturated rings. The Morgan fingerprint density at radius 1 is 1.18 bits per heavy atom. The van der Waals surface area contributed by atoms with E-state index in [-0.39, 0.29) is 4.90 Å². The second-order valence-electron chi connectivity index (χ2n) is 3.62. The molecular formula is C11H11N3O2S. The first kappa shape index (κ1) is 11.7. The van der Waals surface area contributed by atoms with Crippen molar-refractivity contribution < 1.29 is 8.42 Å². The summed E-state index contributed by atoms with van der Waals surface area (Å²) in [5.74, 6) is 0. The number of aryl methyl sites for hydroxylation is 1. The highest BCUT2D eigenvalue weighted by atomic mass is 32.2. The molecule has 17 heavy (non-hydrogen) atoms. The molecule has 0 saturated carbocycles. The first-order valence-corrected chi connectivity index (χ1v) is 6.42. The number of hydrogen-bond acceptors (Lipinski definition) is 4. The van der Waals surface area contributed by atoms with E-state index < -0.39 is 10.0 Å². The largest absolute Gasteiger partial charge is 0.244 e. The zero-order valence-electron chi connectivity index (χ0n) is 9.16. The zero-order chi connectivity index (χ0) is 12.5. The van der Waals surface area contributed by atoms with Gasteiger partial charge in [-0.15, -0.1) is 0 Å². The summed E-state index contributed by atoms with van der Waals surface area (Å²) in [6.07, 6.45) is 4.51. The lowest BCUT2D eigenvalue weighted by molar-refractivity contribution is 0.598. The molecule has 88 valence electrons. The topological polar surface area (TPSA) is 85.9 Å². The molecule has 6 heteroatoms. The molecule has 2 N–H and O–H groups in total. The third-order valence-corrected chi connectivity index (χ3v) is 3.34. The molecule has 0 saturated heterocycles. The molecule has 1 aromatic carbocycles. The van der Waals surface area contributed by atoms with Crippen LogP contribution in [0, 0.1) is 6.92 Å². The molecule has 0 bridgehead atoms. The first-order chi connectivity index (χ1) is 8.00. The fourth-order valence-corrected chi connectivity index (χ4v) is 2.51. The molecule has 0 aliphatic carbocycles. The van der Waals surface area contributed by atoms with E-state index in [0.717, 1.165) is 5.56 Å². The van der Waals surface area contributed by atoms with E-state index in [0.29, 0.717) is 11.1 Å². The Balaban J connectivity index is 2.78. The van der Waals surface area contributed by atoms with Crippen molar-refractivity contribution in [3.63, 3.8) is 0 Å². The molecule has 2 rings (SSSR count). The van der Waals surface area contributed by atoms with Crippen LogP contribution in [0.5, 0.6) is 0 Å². The summed E-state index contributed by atoms with van der Waals surface area (Å²) in [6, 6.07) is 4.95. The maximum absolute atomic E-state index is 11.5. The maximum Gasteiger partial charge on any atom is 0.238 e. The highest BCUT2D eigenvalue weighted by Gasteiger charge is 2.16. The predicted molar refractivity (Wildman–Crippen MR) is 63.6 cm³/mol. The number of hydrogen-bond donors (Lipinski definition) is 1. The van der Waals surface area contributed by atoms with Crippen LogP contribution in [0.3, 0.4) is 0 Å². The third kappa shape index (κ3) is 2.32. The smallest absolute Gasteiger partial charge is 0.238 e. The van der Waals surface area contributed by atoms with Crippen LogP contribution in [-0.2, 0) is 10.0 Å². The molecule has 0 radical (unpaired) electrons. The van der Waals surface area contributed by atoms with Gasteiger partial charge in [-0.3, -0.25) is 0 Å². The second kappa shape index (κ2) is 4.23. The van der Waals surface area contributed by atoms with E-state index in [9.17, 15) is 8.42 Å². The summed E-state index contributed by atoms with van der Waals surface area (Å²) in [6.45, 7) is 1.82. The van der Waals surface area contributed by atoms with Crippen molar-refractivity contribution in [1.82, 2.24) is 9.97 Å². The van der Waals surface area contributed by atoms with Crippen LogP contribution < -0.4 is 5.14 Å². The summed E-state index contributed by atoms with van der Waals surface area (Å²) < 4.78 is 23.0. The van der Waals surface area contributed by atoms with Crippen molar-refractivity contribution in [3.8, 4) is 11.1 Å². The number of rotatable bonds is 2. The molecule has 0 atom stereocenters. The Morgan fingerprint density at radius 2 is 1.82 bits per heavy atom. The monoisotopic (exact) mass is 249 g/mol. The highest BCUT2D eigenvalue weighted by Crippen LogP contribution is 2.28. The number of nitrogens with two attached hydrogens (primary N) is 1. The van der Waals surface area contributed by atoms with Gasteiger partial charge in [-0.1, -0.05) is 12.1 Å². The molecule has 0 aliphatic heterocycles. The fraction of sp³-hybridized carbons (Fsp3) is 0.0909. The Kier molecular flexibility index (Phi) is 2.91. The van der Waals surface area contributed by atoms with Gasteiger partial charge in [0, 0.05) is 23.5 Å². The number of aromatic nitrogens is 2. The average molecular weight is 249 g/mol. The lowest BCUT2D eigenvalue weighted by Crippen LogP contribution is -2.14. The van der Waals surface area contributed by atoms with Gasteiger partial charge in [0.2, 0.25) is 10.0 Å². The van der Waals surface area contributed by atoms with E-state index in [1.807, 2.05) is 13.0 Å². The first-order valence-electron chi connectivity index (χ1n) is 4.88. The van der Waals surface area contributed by atoms with Crippen molar-refractivity contribution in [1.29, 1.82) is 0 Å². The molecule has 5 nitrogen and oxygen atoms in total. The van der Waals surface area contributed by atoms with Gasteiger partial charge < -0.3 is 0 Å². The van der Waals surface area contributed by atoms with Crippen LogP contribution in [0.25, 0.3) is 11.1 Å². The Bertz CT molecular complexity index is 639. The average Bonchev–Trinajstić information content (AvgIpc) is 2.28. The summed E-state index contributed by atoms with van der Waals surface area (Å²) in [4.78, 5) is 7.85. The summed E-state index contributed by atoms with van der Waals surface area (Å²) in [7, 11) is -3.76. The van der Waals surface area contributed by atoms with Gasteiger partial charge in [0.25, 0.3) is 0 Å². The maximum atomic E-state index is 11.5. The third-order valence-electron chi connectivity index (χ3n) is 2.39. The van der Waals surface area contributed by atoms with Crippen LogP contribution in [0.2, 0.25) is 0 Å². The van der Waals surface area contributed by atoms with Gasteiger partial charge in [-0.25, -0.2) is 23.5 Å². The summed E-state index contributed by atoms with van der Waals surface area (Å²) >= 11 is 0. The zero-order valence-corrected chi connectivity index (χ0v) is 9.98. The predicted octanol–water partition coefficient (Wildman–Crippen LogP) is 1.10. The van der Waals surface area contributed by atoms with Gasteiger partial charge in [0.05, 0.1) is 4.90 Å². The number of benzene rings is 1. The Hall–Kier alpha value is -1.79. The van der Waals surface area contributed by atoms with Gasteiger partial charge in [-0.2, -0.15) is 0 Å². The van der Waals surface area contributed by atoms with E-state index in [1.54, 1.807) is 18.5 Å². The van der Waals surface area contributed by atoms with Crippen LogP contribution >= 0.6 is 0 Å². The Labute approximate surface area is 99.4 Å². The minimum Gasteiger partial charge on any atom is -0.244 e. The van der Waals surface area contributed by atoms with Crippen LogP contribution in [0.15, 0.2) is 41.8 Å². The van der Waals surface area contributed by atoms with Gasteiger partial charge in [-0.05, 0) is 18.6 Å². The second-order valence-corrected chi connectivity index (χ2v) is 5.15. The normalized spacial score (nSPS) is 11.4. The minimum absolute atomic E-state index is 0.0901. The van der Waals surface area contributed by atoms with E-state index in [4.69, 9.17) is 5.14 Å². The molecule has 1 aromatic heterocycles. The lowest BCUT2D eigenvalue weighted by atomic mass is 10.0. The van der Waals surface area contributed by atoms with Gasteiger partial charge in [0.1, 0.15) is 6.33 Å². The number of sulfonamides is 1. The van der Waals surface area contributed by atoms with Crippen LogP contribution in [0.1, 0.15) is 5.56 Å². The van der Waals surface area contributed by atoms with Crippen molar-refractivity contribution in [2.75, 3.05) is 0 Å². The SMILES string of the molecule is Cc1cccc(S(N)(=O)=O)c1-c1cncnc1. The van der Waals surface area contributed by atoms with Crippen molar-refractivity contribution in [2.24, 2.45) is 5.14 Å². The molecule has 0 amide bonds. The van der Waals surface area contributed by atoms with Crippen molar-refractivity contribution in [3.05, 3.63) is 42.5 Å². The minimum atomic E-state index is -3.76. The van der Waals surface area contributed by atoms with E-state index in [1.165, 1.54) is 12.4 Å². The molecule has 1 heterocycles.